The zero-order valence-corrected chi connectivity index (χ0v) is 20.2. The summed E-state index contributed by atoms with van der Waals surface area (Å²) in [6.07, 6.45) is -0.473. The van der Waals surface area contributed by atoms with Gasteiger partial charge in [0.15, 0.2) is 5.65 Å². The van der Waals surface area contributed by atoms with Crippen LogP contribution in [0.2, 0.25) is 0 Å². The number of nitrogens with one attached hydrogen (secondary N) is 1. The summed E-state index contributed by atoms with van der Waals surface area (Å²) in [4.78, 5) is 7.19. The van der Waals surface area contributed by atoms with Crippen LogP contribution in [0.4, 0.5) is 23.5 Å². The molecular formula is C23H22F4N6S2. The number of fused-ring (bicyclic) bond motifs is 1. The van der Waals surface area contributed by atoms with Crippen LogP contribution in [0.1, 0.15) is 18.9 Å². The van der Waals surface area contributed by atoms with E-state index in [0.717, 1.165) is 25.1 Å². The van der Waals surface area contributed by atoms with E-state index in [1.807, 2.05) is 0 Å². The van der Waals surface area contributed by atoms with Crippen molar-refractivity contribution >= 4 is 46.4 Å². The average Bonchev–Trinajstić information content (AvgIpc) is 3.42. The minimum atomic E-state index is -4.68. The van der Waals surface area contributed by atoms with E-state index < -0.39 is 17.6 Å². The minimum Gasteiger partial charge on any atom is -0.402 e. The molecule has 1 saturated heterocycles. The molecule has 1 aromatic carbocycles. The predicted molar refractivity (Wildman–Crippen MR) is 135 cm³/mol. The van der Waals surface area contributed by atoms with Crippen LogP contribution in [0.5, 0.6) is 0 Å². The molecule has 184 valence electrons. The van der Waals surface area contributed by atoms with E-state index in [2.05, 4.69) is 20.3 Å². The first-order chi connectivity index (χ1) is 16.5. The molecule has 0 saturated carbocycles. The maximum atomic E-state index is 14.0. The summed E-state index contributed by atoms with van der Waals surface area (Å²) < 4.78 is 55.1. The molecule has 12 heteroatoms. The molecule has 0 radical (unpaired) electrons. The molecule has 2 aromatic heterocycles. The highest BCUT2D eigenvalue weighted by Crippen LogP contribution is 2.34. The van der Waals surface area contributed by atoms with E-state index in [4.69, 9.17) is 30.2 Å². The van der Waals surface area contributed by atoms with Crippen molar-refractivity contribution in [1.29, 1.82) is 0 Å². The summed E-state index contributed by atoms with van der Waals surface area (Å²) >= 11 is 10.7. The summed E-state index contributed by atoms with van der Waals surface area (Å²) in [7, 11) is 0. The van der Waals surface area contributed by atoms with Crippen molar-refractivity contribution in [2.24, 2.45) is 11.7 Å². The first-order valence-corrected chi connectivity index (χ1v) is 11.6. The number of hydrogen-bond acceptors (Lipinski definition) is 6. The third-order valence-corrected chi connectivity index (χ3v) is 6.41. The SMILES string of the molecule is CC(N)=CC(=S)N1CCC(C(C=S)Nc2nc3c(-c4cc(F)cc(C(F)(F)F)c4)cccn3n2)C1. The highest BCUT2D eigenvalue weighted by Gasteiger charge is 2.32. The Kier molecular flexibility index (Phi) is 7.04. The van der Waals surface area contributed by atoms with Crippen LogP contribution in [0.3, 0.4) is 0 Å². The van der Waals surface area contributed by atoms with E-state index >= 15 is 0 Å². The number of pyridine rings is 1. The molecule has 0 amide bonds. The lowest BCUT2D eigenvalue weighted by Crippen LogP contribution is -2.34. The third kappa shape index (κ3) is 5.59. The first kappa shape index (κ1) is 25.0. The molecule has 35 heavy (non-hydrogen) atoms. The summed E-state index contributed by atoms with van der Waals surface area (Å²) in [5.41, 5.74) is 5.95. The summed E-state index contributed by atoms with van der Waals surface area (Å²) in [6, 6.07) is 5.34. The number of benzene rings is 1. The van der Waals surface area contributed by atoms with Gasteiger partial charge in [0.1, 0.15) is 10.8 Å². The second kappa shape index (κ2) is 9.86. The zero-order chi connectivity index (χ0) is 25.3. The molecule has 1 aliphatic rings. The van der Waals surface area contributed by atoms with Crippen LogP contribution in [0.25, 0.3) is 16.8 Å². The van der Waals surface area contributed by atoms with E-state index in [-0.39, 0.29) is 29.1 Å². The van der Waals surface area contributed by atoms with Crippen LogP contribution in [0.15, 0.2) is 48.3 Å². The number of thiocarbonyl (C=S) groups is 2. The highest BCUT2D eigenvalue weighted by atomic mass is 32.1. The fourth-order valence-electron chi connectivity index (χ4n) is 4.08. The second-order valence-corrected chi connectivity index (χ2v) is 9.07. The van der Waals surface area contributed by atoms with Gasteiger partial charge in [-0.25, -0.2) is 8.91 Å². The molecule has 2 unspecified atom stereocenters. The molecule has 0 bridgehead atoms. The lowest BCUT2D eigenvalue weighted by atomic mass is 10.0. The van der Waals surface area contributed by atoms with Crippen LogP contribution in [0, 0.1) is 11.7 Å². The zero-order valence-electron chi connectivity index (χ0n) is 18.6. The number of alkyl halides is 3. The lowest BCUT2D eigenvalue weighted by molar-refractivity contribution is -0.137. The number of likely N-dealkylation sites (tertiary alicyclic amines) is 1. The van der Waals surface area contributed by atoms with Gasteiger partial charge >= 0.3 is 6.18 Å². The van der Waals surface area contributed by atoms with Gasteiger partial charge < -0.3 is 16.0 Å². The van der Waals surface area contributed by atoms with Crippen molar-refractivity contribution < 1.29 is 17.6 Å². The Labute approximate surface area is 209 Å². The normalized spacial score (nSPS) is 17.6. The number of rotatable bonds is 6. The van der Waals surface area contributed by atoms with Gasteiger partial charge in [-0.05, 0) is 55.3 Å². The number of aromatic nitrogens is 3. The summed E-state index contributed by atoms with van der Waals surface area (Å²) in [5, 5.41) is 9.22. The minimum absolute atomic E-state index is 0.0523. The Balaban J connectivity index is 1.59. The molecule has 6 nitrogen and oxygen atoms in total. The van der Waals surface area contributed by atoms with Gasteiger partial charge in [0.2, 0.25) is 5.95 Å². The molecule has 0 aliphatic carbocycles. The molecule has 4 rings (SSSR count). The van der Waals surface area contributed by atoms with E-state index in [1.54, 1.807) is 36.7 Å². The number of anilines is 1. The molecule has 3 heterocycles. The largest absolute Gasteiger partial charge is 0.416 e. The predicted octanol–water partition coefficient (Wildman–Crippen LogP) is 4.85. The van der Waals surface area contributed by atoms with E-state index in [1.165, 1.54) is 4.52 Å². The van der Waals surface area contributed by atoms with Crippen molar-refractivity contribution in [3.63, 3.8) is 0 Å². The number of nitrogens with two attached hydrogens (primary N) is 1. The summed E-state index contributed by atoms with van der Waals surface area (Å²) in [5.74, 6) is -0.589. The van der Waals surface area contributed by atoms with Crippen LogP contribution in [-0.2, 0) is 6.18 Å². The first-order valence-electron chi connectivity index (χ1n) is 10.7. The monoisotopic (exact) mass is 522 g/mol. The fourth-order valence-corrected chi connectivity index (χ4v) is 4.72. The molecule has 1 fully saturated rings. The Bertz CT molecular complexity index is 1300. The molecular weight excluding hydrogens is 500 g/mol. The van der Waals surface area contributed by atoms with Gasteiger partial charge in [0, 0.05) is 41.8 Å². The second-order valence-electron chi connectivity index (χ2n) is 8.38. The number of nitrogens with zero attached hydrogens (tertiary/aromatic N) is 4. The molecule has 2 atom stereocenters. The number of halogens is 4. The topological polar surface area (TPSA) is 71.5 Å². The van der Waals surface area contributed by atoms with Crippen molar-refractivity contribution in [3.05, 3.63) is 59.7 Å². The van der Waals surface area contributed by atoms with Gasteiger partial charge in [0.05, 0.1) is 11.6 Å². The van der Waals surface area contributed by atoms with Gasteiger partial charge in [-0.3, -0.25) is 0 Å². The highest BCUT2D eigenvalue weighted by molar-refractivity contribution is 7.80. The smallest absolute Gasteiger partial charge is 0.402 e. The Morgan fingerprint density at radius 3 is 2.77 bits per heavy atom. The van der Waals surface area contributed by atoms with Crippen molar-refractivity contribution in [2.75, 3.05) is 18.4 Å². The lowest BCUT2D eigenvalue weighted by Gasteiger charge is -2.21. The van der Waals surface area contributed by atoms with Crippen molar-refractivity contribution in [3.8, 4) is 11.1 Å². The van der Waals surface area contributed by atoms with Gasteiger partial charge in [-0.15, -0.1) is 5.10 Å². The van der Waals surface area contributed by atoms with Crippen LogP contribution < -0.4 is 11.1 Å². The van der Waals surface area contributed by atoms with Gasteiger partial charge in [-0.1, -0.05) is 24.4 Å². The maximum Gasteiger partial charge on any atom is 0.416 e. The Morgan fingerprint density at radius 1 is 1.31 bits per heavy atom. The molecule has 1 aliphatic heterocycles. The molecule has 0 spiro atoms. The maximum absolute atomic E-state index is 14.0. The van der Waals surface area contributed by atoms with Crippen LogP contribution in [-0.4, -0.2) is 49.0 Å². The average molecular weight is 523 g/mol. The van der Waals surface area contributed by atoms with E-state index in [0.29, 0.717) is 28.9 Å². The van der Waals surface area contributed by atoms with Crippen molar-refractivity contribution in [1.82, 2.24) is 19.5 Å². The third-order valence-electron chi connectivity index (χ3n) is 5.74. The molecule has 3 aromatic rings. The van der Waals surface area contributed by atoms with E-state index in [9.17, 15) is 17.6 Å². The quantitative estimate of drug-likeness (QED) is 0.273. The molecule has 3 N–H and O–H groups in total. The number of hydrogen-bond donors (Lipinski definition) is 2. The fraction of sp³-hybridized carbons (Fsp3) is 0.304. The van der Waals surface area contributed by atoms with Crippen LogP contribution >= 0.6 is 24.4 Å². The Morgan fingerprint density at radius 2 is 2.09 bits per heavy atom. The van der Waals surface area contributed by atoms with Gasteiger partial charge in [-0.2, -0.15) is 18.2 Å². The summed E-state index contributed by atoms with van der Waals surface area (Å²) in [6.45, 7) is 3.21. The standard InChI is InChI=1S/C23H22F4N6S2/c1-13(28)7-20(35)32-6-4-14(11-32)19(12-34)29-22-30-21-18(3-2-5-33(21)31-22)15-8-16(23(25,26)27)10-17(24)9-15/h2-3,5,7-10,12,14,19H,4,6,11,28H2,1H3,(H,29,31). The Hall–Kier alpha value is -3.12. The van der Waals surface area contributed by atoms with Crippen molar-refractivity contribution in [2.45, 2.75) is 25.6 Å². The van der Waals surface area contributed by atoms with Gasteiger partial charge in [0.25, 0.3) is 0 Å². The number of allylic oxidation sites excluding steroid dienone is 1.